The van der Waals surface area contributed by atoms with Crippen molar-refractivity contribution in [2.24, 2.45) is 0 Å². The number of hydrogen-bond donors (Lipinski definition) is 1. The minimum atomic E-state index is -0.312. The highest BCUT2D eigenvalue weighted by Gasteiger charge is 2.38. The summed E-state index contributed by atoms with van der Waals surface area (Å²) in [5, 5.41) is 10.8. The number of nitrogens with zero attached hydrogens (tertiary/aromatic N) is 1. The van der Waals surface area contributed by atoms with Gasteiger partial charge in [0, 0.05) is 16.8 Å². The van der Waals surface area contributed by atoms with E-state index >= 15 is 0 Å². The SMILES string of the molecule is CCN(CC)C(CC)(CC)C(O)Cc1ccc(Br)s1. The fraction of sp³-hybridized carbons (Fsp3) is 0.733. The highest BCUT2D eigenvalue weighted by molar-refractivity contribution is 9.11. The summed E-state index contributed by atoms with van der Waals surface area (Å²) in [6.45, 7) is 10.7. The molecule has 0 saturated heterocycles. The summed E-state index contributed by atoms with van der Waals surface area (Å²) >= 11 is 5.21. The van der Waals surface area contributed by atoms with Gasteiger partial charge in [-0.05, 0) is 54.0 Å². The highest BCUT2D eigenvalue weighted by Crippen LogP contribution is 2.32. The number of aliphatic hydroxyl groups excluding tert-OH is 1. The molecule has 1 heterocycles. The molecule has 1 N–H and O–H groups in total. The predicted molar refractivity (Wildman–Crippen MR) is 88.0 cm³/mol. The molecule has 1 atom stereocenters. The van der Waals surface area contributed by atoms with E-state index in [1.807, 2.05) is 0 Å². The molecule has 0 saturated carbocycles. The lowest BCUT2D eigenvalue weighted by Gasteiger charge is -2.45. The molecule has 0 radical (unpaired) electrons. The Morgan fingerprint density at radius 1 is 1.21 bits per heavy atom. The van der Waals surface area contributed by atoms with Crippen molar-refractivity contribution in [3.05, 3.63) is 20.8 Å². The molecule has 110 valence electrons. The summed E-state index contributed by atoms with van der Waals surface area (Å²) in [5.41, 5.74) is -0.0973. The number of thiophene rings is 1. The fourth-order valence-electron chi connectivity index (χ4n) is 3.07. The monoisotopic (exact) mass is 347 g/mol. The number of likely N-dealkylation sites (N-methyl/N-ethyl adjacent to an activating group) is 1. The molecule has 0 bridgehead atoms. The van der Waals surface area contributed by atoms with E-state index in [1.54, 1.807) is 11.3 Å². The van der Waals surface area contributed by atoms with Crippen molar-refractivity contribution in [3.8, 4) is 0 Å². The van der Waals surface area contributed by atoms with Crippen LogP contribution in [0, 0.1) is 0 Å². The van der Waals surface area contributed by atoms with Gasteiger partial charge in [0.2, 0.25) is 0 Å². The Kier molecular flexibility index (Phi) is 7.01. The molecule has 1 aromatic rings. The molecule has 0 fully saturated rings. The van der Waals surface area contributed by atoms with E-state index in [0.717, 1.165) is 36.1 Å². The lowest BCUT2D eigenvalue weighted by atomic mass is 9.82. The minimum absolute atomic E-state index is 0.0973. The molecule has 2 nitrogen and oxygen atoms in total. The summed E-state index contributed by atoms with van der Waals surface area (Å²) in [4.78, 5) is 3.66. The first-order chi connectivity index (χ1) is 9.03. The van der Waals surface area contributed by atoms with Gasteiger partial charge in [-0.2, -0.15) is 0 Å². The first-order valence-corrected chi connectivity index (χ1v) is 8.82. The number of aliphatic hydroxyl groups is 1. The molecule has 1 rings (SSSR count). The van der Waals surface area contributed by atoms with Crippen LogP contribution in [0.4, 0.5) is 0 Å². The third-order valence-electron chi connectivity index (χ3n) is 4.26. The van der Waals surface area contributed by atoms with E-state index in [0.29, 0.717) is 0 Å². The molecule has 1 unspecified atom stereocenters. The van der Waals surface area contributed by atoms with Gasteiger partial charge >= 0.3 is 0 Å². The standard InChI is InChI=1S/C15H26BrNOS/c1-5-15(6-2,17(7-3)8-4)13(18)11-12-9-10-14(16)19-12/h9-10,13,18H,5-8,11H2,1-4H3. The lowest BCUT2D eigenvalue weighted by molar-refractivity contribution is -0.0337. The average molecular weight is 348 g/mol. The van der Waals surface area contributed by atoms with Gasteiger partial charge in [0.05, 0.1) is 9.89 Å². The normalized spacial score (nSPS) is 14.1. The van der Waals surface area contributed by atoms with Crippen molar-refractivity contribution in [1.82, 2.24) is 4.90 Å². The molecular weight excluding hydrogens is 322 g/mol. The summed E-state index contributed by atoms with van der Waals surface area (Å²) in [6.07, 6.45) is 2.40. The summed E-state index contributed by atoms with van der Waals surface area (Å²) in [6, 6.07) is 4.17. The molecule has 0 aliphatic heterocycles. The first kappa shape index (κ1) is 17.2. The zero-order chi connectivity index (χ0) is 14.5. The quantitative estimate of drug-likeness (QED) is 0.757. The van der Waals surface area contributed by atoms with Crippen molar-refractivity contribution in [2.75, 3.05) is 13.1 Å². The van der Waals surface area contributed by atoms with Gasteiger partial charge in [0.25, 0.3) is 0 Å². The Hall–Kier alpha value is 0.1000. The van der Waals surface area contributed by atoms with Crippen LogP contribution in [-0.2, 0) is 6.42 Å². The largest absolute Gasteiger partial charge is 0.391 e. The predicted octanol–water partition coefficient (Wildman–Crippen LogP) is 4.31. The van der Waals surface area contributed by atoms with Crippen molar-refractivity contribution >= 4 is 27.3 Å². The van der Waals surface area contributed by atoms with Gasteiger partial charge in [-0.15, -0.1) is 11.3 Å². The molecule has 0 aliphatic rings. The third kappa shape index (κ3) is 3.81. The van der Waals surface area contributed by atoms with Crippen LogP contribution >= 0.6 is 27.3 Å². The Labute approximate surface area is 130 Å². The van der Waals surface area contributed by atoms with Gasteiger partial charge in [-0.25, -0.2) is 0 Å². The Morgan fingerprint density at radius 3 is 2.16 bits per heavy atom. The molecule has 0 aliphatic carbocycles. The first-order valence-electron chi connectivity index (χ1n) is 7.21. The highest BCUT2D eigenvalue weighted by atomic mass is 79.9. The summed E-state index contributed by atoms with van der Waals surface area (Å²) in [5.74, 6) is 0. The van der Waals surface area contributed by atoms with Gasteiger partial charge in [0.15, 0.2) is 0 Å². The zero-order valence-electron chi connectivity index (χ0n) is 12.4. The van der Waals surface area contributed by atoms with Crippen molar-refractivity contribution in [3.63, 3.8) is 0 Å². The van der Waals surface area contributed by atoms with E-state index in [9.17, 15) is 5.11 Å². The van der Waals surface area contributed by atoms with Crippen LogP contribution in [0.3, 0.4) is 0 Å². The summed E-state index contributed by atoms with van der Waals surface area (Å²) in [7, 11) is 0. The van der Waals surface area contributed by atoms with Crippen LogP contribution in [0.25, 0.3) is 0 Å². The smallest absolute Gasteiger partial charge is 0.0771 e. The van der Waals surface area contributed by atoms with E-state index in [4.69, 9.17) is 0 Å². The Morgan fingerprint density at radius 2 is 1.79 bits per heavy atom. The molecule has 0 amide bonds. The Bertz CT molecular complexity index is 372. The van der Waals surface area contributed by atoms with E-state index in [-0.39, 0.29) is 11.6 Å². The molecule has 0 spiro atoms. The lowest BCUT2D eigenvalue weighted by Crippen LogP contribution is -2.56. The number of hydrogen-bond acceptors (Lipinski definition) is 3. The van der Waals surface area contributed by atoms with Crippen molar-refractivity contribution < 1.29 is 5.11 Å². The van der Waals surface area contributed by atoms with Gasteiger partial charge < -0.3 is 5.11 Å². The van der Waals surface area contributed by atoms with Crippen LogP contribution in [0.15, 0.2) is 15.9 Å². The third-order valence-corrected chi connectivity index (χ3v) is 5.91. The fourth-order valence-corrected chi connectivity index (χ4v) is 4.59. The summed E-state index contributed by atoms with van der Waals surface area (Å²) < 4.78 is 1.14. The molecule has 19 heavy (non-hydrogen) atoms. The maximum Gasteiger partial charge on any atom is 0.0771 e. The maximum absolute atomic E-state index is 10.8. The second kappa shape index (κ2) is 7.77. The molecule has 1 aromatic heterocycles. The maximum atomic E-state index is 10.8. The van der Waals surface area contributed by atoms with Crippen LogP contribution < -0.4 is 0 Å². The molecule has 4 heteroatoms. The molecular formula is C15H26BrNOS. The topological polar surface area (TPSA) is 23.5 Å². The number of rotatable bonds is 8. The van der Waals surface area contributed by atoms with Gasteiger partial charge in [0.1, 0.15) is 0 Å². The van der Waals surface area contributed by atoms with Crippen molar-refractivity contribution in [1.29, 1.82) is 0 Å². The zero-order valence-corrected chi connectivity index (χ0v) is 14.9. The van der Waals surface area contributed by atoms with Crippen LogP contribution in [0.1, 0.15) is 45.4 Å². The second-order valence-electron chi connectivity index (χ2n) is 4.91. The van der Waals surface area contributed by atoms with Crippen LogP contribution in [-0.4, -0.2) is 34.7 Å². The molecule has 0 aromatic carbocycles. The van der Waals surface area contributed by atoms with Crippen LogP contribution in [0.5, 0.6) is 0 Å². The Balaban J connectivity index is 2.91. The average Bonchev–Trinajstić information content (AvgIpc) is 2.81. The van der Waals surface area contributed by atoms with Crippen molar-refractivity contribution in [2.45, 2.75) is 58.6 Å². The van der Waals surface area contributed by atoms with Gasteiger partial charge in [-0.1, -0.05) is 27.7 Å². The number of halogens is 1. The van der Waals surface area contributed by atoms with E-state index < -0.39 is 0 Å². The van der Waals surface area contributed by atoms with Crippen LogP contribution in [0.2, 0.25) is 0 Å². The van der Waals surface area contributed by atoms with E-state index in [2.05, 4.69) is 60.7 Å². The second-order valence-corrected chi connectivity index (χ2v) is 7.46. The van der Waals surface area contributed by atoms with Gasteiger partial charge in [-0.3, -0.25) is 4.90 Å². The van der Waals surface area contributed by atoms with E-state index in [1.165, 1.54) is 4.88 Å². The minimum Gasteiger partial charge on any atom is -0.391 e.